The number of hydrogen-bond acceptors (Lipinski definition) is 3. The van der Waals surface area contributed by atoms with E-state index in [-0.39, 0.29) is 5.91 Å². The summed E-state index contributed by atoms with van der Waals surface area (Å²) < 4.78 is 5.39. The fraction of sp³-hybridized carbons (Fsp3) is 0.533. The van der Waals surface area contributed by atoms with Gasteiger partial charge in [0.05, 0.1) is 12.0 Å². The fourth-order valence-corrected chi connectivity index (χ4v) is 1.81. The molecule has 0 radical (unpaired) electrons. The van der Waals surface area contributed by atoms with E-state index in [2.05, 4.69) is 0 Å². The Kier molecular flexibility index (Phi) is 5.36. The zero-order chi connectivity index (χ0) is 14.5. The van der Waals surface area contributed by atoms with Crippen molar-refractivity contribution in [3.05, 3.63) is 29.8 Å². The van der Waals surface area contributed by atoms with Gasteiger partial charge in [0.15, 0.2) is 0 Å². The summed E-state index contributed by atoms with van der Waals surface area (Å²) in [5.74, 6) is 0.909. The number of nitrogens with zero attached hydrogens (tertiary/aromatic N) is 1. The Balaban J connectivity index is 2.66. The monoisotopic (exact) mass is 264 g/mol. The first-order valence-corrected chi connectivity index (χ1v) is 6.58. The predicted octanol–water partition coefficient (Wildman–Crippen LogP) is 2.03. The van der Waals surface area contributed by atoms with Crippen LogP contribution >= 0.6 is 0 Å². The quantitative estimate of drug-likeness (QED) is 0.855. The number of carbonyl (C=O) groups is 1. The van der Waals surface area contributed by atoms with Crippen LogP contribution < -0.4 is 10.5 Å². The summed E-state index contributed by atoms with van der Waals surface area (Å²) >= 11 is 0. The molecule has 0 aliphatic heterocycles. The van der Waals surface area contributed by atoms with Gasteiger partial charge in [-0.2, -0.15) is 0 Å². The molecule has 0 aromatic heterocycles. The van der Waals surface area contributed by atoms with E-state index in [9.17, 15) is 4.79 Å². The van der Waals surface area contributed by atoms with E-state index in [1.807, 2.05) is 45.0 Å². The first kappa shape index (κ1) is 15.5. The number of benzene rings is 1. The van der Waals surface area contributed by atoms with Crippen LogP contribution in [0, 0.1) is 5.41 Å². The maximum atomic E-state index is 12.2. The zero-order valence-corrected chi connectivity index (χ0v) is 12.3. The Bertz CT molecular complexity index is 413. The Labute approximate surface area is 115 Å². The van der Waals surface area contributed by atoms with Gasteiger partial charge in [-0.15, -0.1) is 0 Å². The van der Waals surface area contributed by atoms with Gasteiger partial charge < -0.3 is 15.4 Å². The average Bonchev–Trinajstić information content (AvgIpc) is 2.40. The largest absolute Gasteiger partial charge is 0.494 e. The summed E-state index contributed by atoms with van der Waals surface area (Å²) in [6.07, 6.45) is 0. The van der Waals surface area contributed by atoms with Crippen LogP contribution in [0.25, 0.3) is 0 Å². The normalized spacial score (nSPS) is 11.2. The zero-order valence-electron chi connectivity index (χ0n) is 12.3. The molecule has 0 fully saturated rings. The average molecular weight is 264 g/mol. The van der Waals surface area contributed by atoms with Crippen molar-refractivity contribution >= 4 is 5.91 Å². The van der Waals surface area contributed by atoms with Gasteiger partial charge in [0.25, 0.3) is 0 Å². The summed E-state index contributed by atoms with van der Waals surface area (Å²) in [5.41, 5.74) is 6.19. The minimum atomic E-state index is -0.514. The molecule has 0 saturated heterocycles. The van der Waals surface area contributed by atoms with Gasteiger partial charge in [-0.1, -0.05) is 12.1 Å². The summed E-state index contributed by atoms with van der Waals surface area (Å²) in [5, 5.41) is 0. The lowest BCUT2D eigenvalue weighted by Gasteiger charge is -2.28. The molecule has 1 aromatic carbocycles. The lowest BCUT2D eigenvalue weighted by molar-refractivity contribution is -0.139. The molecule has 0 unspecified atom stereocenters. The standard InChI is InChI=1S/C15H24N2O2/c1-5-19-13-8-6-12(7-9-13)10-17(4)14(18)15(2,3)11-16/h6-9H,5,10-11,16H2,1-4H3. The molecule has 1 rings (SSSR count). The number of amides is 1. The lowest BCUT2D eigenvalue weighted by Crippen LogP contribution is -2.42. The highest BCUT2D eigenvalue weighted by Crippen LogP contribution is 2.19. The van der Waals surface area contributed by atoms with Crippen LogP contribution in [0.3, 0.4) is 0 Å². The number of hydrogen-bond donors (Lipinski definition) is 1. The SMILES string of the molecule is CCOc1ccc(CN(C)C(=O)C(C)(C)CN)cc1. The van der Waals surface area contributed by atoms with Crippen molar-refractivity contribution in [2.24, 2.45) is 11.1 Å². The van der Waals surface area contributed by atoms with Crippen molar-refractivity contribution in [3.63, 3.8) is 0 Å². The number of nitrogens with two attached hydrogens (primary N) is 1. The van der Waals surface area contributed by atoms with Crippen molar-refractivity contribution in [2.75, 3.05) is 20.2 Å². The van der Waals surface area contributed by atoms with E-state index in [4.69, 9.17) is 10.5 Å². The van der Waals surface area contributed by atoms with E-state index < -0.39 is 5.41 Å². The molecule has 0 atom stereocenters. The fourth-order valence-electron chi connectivity index (χ4n) is 1.81. The van der Waals surface area contributed by atoms with Crippen LogP contribution in [-0.4, -0.2) is 31.0 Å². The van der Waals surface area contributed by atoms with Crippen molar-refractivity contribution in [3.8, 4) is 5.75 Å². The number of rotatable bonds is 6. The van der Waals surface area contributed by atoms with Crippen LogP contribution in [0.4, 0.5) is 0 Å². The molecule has 1 amide bonds. The minimum absolute atomic E-state index is 0.0592. The molecular formula is C15H24N2O2. The molecule has 0 heterocycles. The molecule has 1 aromatic rings. The molecule has 4 heteroatoms. The highest BCUT2D eigenvalue weighted by Gasteiger charge is 2.28. The summed E-state index contributed by atoms with van der Waals surface area (Å²) in [6.45, 7) is 7.26. The molecule has 0 bridgehead atoms. The smallest absolute Gasteiger partial charge is 0.229 e. The van der Waals surface area contributed by atoms with Gasteiger partial charge in [0, 0.05) is 20.1 Å². The van der Waals surface area contributed by atoms with Gasteiger partial charge >= 0.3 is 0 Å². The molecular weight excluding hydrogens is 240 g/mol. The van der Waals surface area contributed by atoms with Gasteiger partial charge in [-0.25, -0.2) is 0 Å². The molecule has 0 saturated carbocycles. The Morgan fingerprint density at radius 3 is 2.37 bits per heavy atom. The minimum Gasteiger partial charge on any atom is -0.494 e. The Morgan fingerprint density at radius 2 is 1.89 bits per heavy atom. The van der Waals surface area contributed by atoms with Crippen LogP contribution in [0.2, 0.25) is 0 Å². The second-order valence-corrected chi connectivity index (χ2v) is 5.33. The molecule has 19 heavy (non-hydrogen) atoms. The van der Waals surface area contributed by atoms with E-state index in [1.54, 1.807) is 11.9 Å². The van der Waals surface area contributed by atoms with E-state index in [1.165, 1.54) is 0 Å². The number of carbonyl (C=O) groups excluding carboxylic acids is 1. The molecule has 0 spiro atoms. The summed E-state index contributed by atoms with van der Waals surface area (Å²) in [7, 11) is 1.80. The second kappa shape index (κ2) is 6.57. The molecule has 2 N–H and O–H groups in total. The first-order valence-electron chi connectivity index (χ1n) is 6.58. The Morgan fingerprint density at radius 1 is 1.32 bits per heavy atom. The van der Waals surface area contributed by atoms with Gasteiger partial charge in [0.2, 0.25) is 5.91 Å². The van der Waals surface area contributed by atoms with Crippen molar-refractivity contribution in [1.82, 2.24) is 4.90 Å². The second-order valence-electron chi connectivity index (χ2n) is 5.33. The van der Waals surface area contributed by atoms with Crippen LogP contribution in [-0.2, 0) is 11.3 Å². The predicted molar refractivity (Wildman–Crippen MR) is 76.9 cm³/mol. The third-order valence-corrected chi connectivity index (χ3v) is 3.09. The van der Waals surface area contributed by atoms with Crippen LogP contribution in [0.15, 0.2) is 24.3 Å². The van der Waals surface area contributed by atoms with Crippen LogP contribution in [0.5, 0.6) is 5.75 Å². The molecule has 106 valence electrons. The highest BCUT2D eigenvalue weighted by atomic mass is 16.5. The van der Waals surface area contributed by atoms with E-state index in [0.29, 0.717) is 19.7 Å². The van der Waals surface area contributed by atoms with Crippen molar-refractivity contribution in [1.29, 1.82) is 0 Å². The number of ether oxygens (including phenoxy) is 1. The maximum absolute atomic E-state index is 12.2. The summed E-state index contributed by atoms with van der Waals surface area (Å²) in [4.78, 5) is 13.9. The third kappa shape index (κ3) is 4.24. The van der Waals surface area contributed by atoms with Crippen molar-refractivity contribution in [2.45, 2.75) is 27.3 Å². The van der Waals surface area contributed by atoms with Gasteiger partial charge in [0.1, 0.15) is 5.75 Å². The topological polar surface area (TPSA) is 55.6 Å². The van der Waals surface area contributed by atoms with Crippen molar-refractivity contribution < 1.29 is 9.53 Å². The van der Waals surface area contributed by atoms with Crippen LogP contribution in [0.1, 0.15) is 26.3 Å². The molecule has 0 aliphatic rings. The Hall–Kier alpha value is -1.55. The first-order chi connectivity index (χ1) is 8.90. The molecule has 4 nitrogen and oxygen atoms in total. The van der Waals surface area contributed by atoms with Gasteiger partial charge in [-0.3, -0.25) is 4.79 Å². The lowest BCUT2D eigenvalue weighted by atomic mass is 9.92. The maximum Gasteiger partial charge on any atom is 0.229 e. The summed E-state index contributed by atoms with van der Waals surface area (Å²) in [6, 6.07) is 7.80. The van der Waals surface area contributed by atoms with E-state index in [0.717, 1.165) is 11.3 Å². The third-order valence-electron chi connectivity index (χ3n) is 3.09. The molecule has 0 aliphatic carbocycles. The highest BCUT2D eigenvalue weighted by molar-refractivity contribution is 5.81. The van der Waals surface area contributed by atoms with Gasteiger partial charge in [-0.05, 0) is 38.5 Å². The van der Waals surface area contributed by atoms with E-state index >= 15 is 0 Å².